The minimum atomic E-state index is -0.404. The summed E-state index contributed by atoms with van der Waals surface area (Å²) in [6.07, 6.45) is -0.806. The normalized spacial score (nSPS) is 13.2. The summed E-state index contributed by atoms with van der Waals surface area (Å²) in [4.78, 5) is 23.9. The molecular formula is C28H33BrO6. The van der Waals surface area contributed by atoms with Gasteiger partial charge in [0.1, 0.15) is 36.9 Å². The molecule has 0 spiro atoms. The Labute approximate surface area is 215 Å². The molecule has 0 saturated heterocycles. The average molecular weight is 545 g/mol. The van der Waals surface area contributed by atoms with Crippen LogP contribution in [0.3, 0.4) is 0 Å². The van der Waals surface area contributed by atoms with Gasteiger partial charge in [-0.1, -0.05) is 67.9 Å². The van der Waals surface area contributed by atoms with Crippen LogP contribution in [-0.4, -0.2) is 37.4 Å². The Bertz CT molecular complexity index is 1200. The summed E-state index contributed by atoms with van der Waals surface area (Å²) in [6.45, 7) is 11.3. The molecule has 0 aliphatic carbocycles. The third-order valence-electron chi connectivity index (χ3n) is 5.39. The van der Waals surface area contributed by atoms with E-state index in [1.54, 1.807) is 27.7 Å². The average Bonchev–Trinajstić information content (AvgIpc) is 2.80. The van der Waals surface area contributed by atoms with Crippen LogP contribution in [-0.2, 0) is 19.1 Å². The fourth-order valence-electron chi connectivity index (χ4n) is 3.52. The van der Waals surface area contributed by atoms with Crippen LogP contribution in [0.25, 0.3) is 21.5 Å². The van der Waals surface area contributed by atoms with Crippen LogP contribution in [0.5, 0.6) is 11.5 Å². The molecule has 2 unspecified atom stereocenters. The highest BCUT2D eigenvalue weighted by molar-refractivity contribution is 9.10. The summed E-state index contributed by atoms with van der Waals surface area (Å²) in [5.41, 5.74) is 0. The van der Waals surface area contributed by atoms with Crippen LogP contribution < -0.4 is 9.47 Å². The summed E-state index contributed by atoms with van der Waals surface area (Å²) < 4.78 is 24.4. The van der Waals surface area contributed by atoms with Gasteiger partial charge in [0, 0.05) is 26.0 Å². The zero-order chi connectivity index (χ0) is 25.7. The molecule has 3 aromatic rings. The van der Waals surface area contributed by atoms with E-state index in [0.717, 1.165) is 26.0 Å². The molecule has 188 valence electrons. The van der Waals surface area contributed by atoms with E-state index in [2.05, 4.69) is 15.9 Å². The lowest BCUT2D eigenvalue weighted by Crippen LogP contribution is -2.25. The number of hydrogen-bond donors (Lipinski definition) is 0. The van der Waals surface area contributed by atoms with Crippen LogP contribution in [0.1, 0.15) is 41.5 Å². The van der Waals surface area contributed by atoms with Crippen molar-refractivity contribution in [2.75, 3.05) is 13.2 Å². The molecule has 7 heteroatoms. The van der Waals surface area contributed by atoms with E-state index < -0.39 is 12.2 Å². The number of fused-ring (bicyclic) bond motifs is 2. The lowest BCUT2D eigenvalue weighted by atomic mass is 10.0. The molecule has 3 aromatic carbocycles. The number of rotatable bonds is 10. The second kappa shape index (κ2) is 11.8. The molecule has 0 N–H and O–H groups in total. The second-order valence-corrected chi connectivity index (χ2v) is 10.2. The highest BCUT2D eigenvalue weighted by Crippen LogP contribution is 2.43. The molecule has 0 aromatic heterocycles. The topological polar surface area (TPSA) is 71.1 Å². The van der Waals surface area contributed by atoms with Crippen molar-refractivity contribution in [3.63, 3.8) is 0 Å². The van der Waals surface area contributed by atoms with Crippen molar-refractivity contribution >= 4 is 49.4 Å². The van der Waals surface area contributed by atoms with Crippen LogP contribution in [0.15, 0.2) is 46.9 Å². The second-order valence-electron chi connectivity index (χ2n) is 9.32. The van der Waals surface area contributed by atoms with E-state index in [9.17, 15) is 9.59 Å². The third-order valence-corrected chi connectivity index (χ3v) is 5.88. The van der Waals surface area contributed by atoms with Crippen molar-refractivity contribution in [3.8, 4) is 11.5 Å². The molecule has 3 rings (SSSR count). The molecule has 6 nitrogen and oxygen atoms in total. The predicted molar refractivity (Wildman–Crippen MR) is 141 cm³/mol. The van der Waals surface area contributed by atoms with E-state index in [1.165, 1.54) is 0 Å². The number of carbonyl (C=O) groups excluding carboxylic acids is 2. The number of esters is 2. The Balaban J connectivity index is 1.97. The molecule has 0 fully saturated rings. The fourth-order valence-corrected chi connectivity index (χ4v) is 3.88. The van der Waals surface area contributed by atoms with Crippen molar-refractivity contribution < 1.29 is 28.5 Å². The quantitative estimate of drug-likeness (QED) is 0.209. The molecule has 0 amide bonds. The van der Waals surface area contributed by atoms with Crippen molar-refractivity contribution in [2.24, 2.45) is 11.8 Å². The molecule has 0 bridgehead atoms. The standard InChI is InChI=1S/C28H33BrO6/c1-16(2)27(30)34-18(5)14-32-25-21-9-7-8-10-22(21)26(24-13-20(29)11-12-23(24)25)33-15-19(6)35-28(31)17(3)4/h7-13,16-19H,14-15H2,1-6H3. The van der Waals surface area contributed by atoms with Crippen LogP contribution in [0.4, 0.5) is 0 Å². The summed E-state index contributed by atoms with van der Waals surface area (Å²) in [5, 5.41) is 3.49. The SMILES string of the molecule is CC(COc1c2ccccc2c(OCC(C)OC(=O)C(C)C)c2cc(Br)ccc12)OC(=O)C(C)C. The molecule has 0 heterocycles. The number of benzene rings is 3. The fraction of sp³-hybridized carbons (Fsp3) is 0.429. The monoisotopic (exact) mass is 544 g/mol. The Morgan fingerprint density at radius 2 is 1.11 bits per heavy atom. The maximum atomic E-state index is 12.0. The highest BCUT2D eigenvalue weighted by atomic mass is 79.9. The summed E-state index contributed by atoms with van der Waals surface area (Å²) in [5.74, 6) is 0.479. The van der Waals surface area contributed by atoms with Gasteiger partial charge in [0.25, 0.3) is 0 Å². The first-order valence-corrected chi connectivity index (χ1v) is 12.7. The molecule has 2 atom stereocenters. The Morgan fingerprint density at radius 1 is 0.686 bits per heavy atom. The van der Waals surface area contributed by atoms with Crippen LogP contribution in [0.2, 0.25) is 0 Å². The summed E-state index contributed by atoms with van der Waals surface area (Å²) in [6, 6.07) is 13.7. The van der Waals surface area contributed by atoms with Gasteiger partial charge in [0.05, 0.1) is 11.8 Å². The first-order chi connectivity index (χ1) is 16.6. The predicted octanol–water partition coefficient (Wildman–Crippen LogP) is 6.69. The lowest BCUT2D eigenvalue weighted by Gasteiger charge is -2.21. The zero-order valence-corrected chi connectivity index (χ0v) is 22.7. The van der Waals surface area contributed by atoms with Gasteiger partial charge >= 0.3 is 11.9 Å². The van der Waals surface area contributed by atoms with E-state index in [0.29, 0.717) is 11.5 Å². The largest absolute Gasteiger partial charge is 0.488 e. The first-order valence-electron chi connectivity index (χ1n) is 11.9. The van der Waals surface area contributed by atoms with E-state index in [4.69, 9.17) is 18.9 Å². The molecule has 0 radical (unpaired) electrons. The Kier molecular flexibility index (Phi) is 9.00. The number of carbonyl (C=O) groups is 2. The van der Waals surface area contributed by atoms with Gasteiger partial charge < -0.3 is 18.9 Å². The molecule has 0 aliphatic rings. The molecule has 35 heavy (non-hydrogen) atoms. The number of ether oxygens (including phenoxy) is 4. The smallest absolute Gasteiger partial charge is 0.308 e. The number of hydrogen-bond acceptors (Lipinski definition) is 6. The van der Waals surface area contributed by atoms with Gasteiger partial charge in [-0.3, -0.25) is 9.59 Å². The highest BCUT2D eigenvalue weighted by Gasteiger charge is 2.20. The van der Waals surface area contributed by atoms with E-state index >= 15 is 0 Å². The first kappa shape index (κ1) is 26.8. The Hall–Kier alpha value is -2.80. The minimum Gasteiger partial charge on any atom is -0.488 e. The molecule has 0 saturated carbocycles. The summed E-state index contributed by atoms with van der Waals surface area (Å²) in [7, 11) is 0. The van der Waals surface area contributed by atoms with Crippen LogP contribution in [0, 0.1) is 11.8 Å². The zero-order valence-electron chi connectivity index (χ0n) is 21.1. The van der Waals surface area contributed by atoms with Gasteiger partial charge in [-0.2, -0.15) is 0 Å². The summed E-state index contributed by atoms with van der Waals surface area (Å²) >= 11 is 3.56. The Morgan fingerprint density at radius 3 is 1.57 bits per heavy atom. The van der Waals surface area contributed by atoms with Crippen molar-refractivity contribution in [3.05, 3.63) is 46.9 Å². The van der Waals surface area contributed by atoms with Crippen molar-refractivity contribution in [2.45, 2.75) is 53.8 Å². The van der Waals surface area contributed by atoms with Gasteiger partial charge in [-0.15, -0.1) is 0 Å². The minimum absolute atomic E-state index is 0.199. The molecule has 0 aliphatic heterocycles. The third kappa shape index (κ3) is 6.66. The van der Waals surface area contributed by atoms with E-state index in [1.807, 2.05) is 56.3 Å². The van der Waals surface area contributed by atoms with Gasteiger partial charge in [-0.25, -0.2) is 0 Å². The number of halogens is 1. The lowest BCUT2D eigenvalue weighted by molar-refractivity contribution is -0.154. The van der Waals surface area contributed by atoms with Crippen molar-refractivity contribution in [1.82, 2.24) is 0 Å². The maximum absolute atomic E-state index is 12.0. The van der Waals surface area contributed by atoms with E-state index in [-0.39, 0.29) is 37.0 Å². The molecular weight excluding hydrogens is 512 g/mol. The van der Waals surface area contributed by atoms with Crippen molar-refractivity contribution in [1.29, 1.82) is 0 Å². The van der Waals surface area contributed by atoms with Gasteiger partial charge in [0.2, 0.25) is 0 Å². The maximum Gasteiger partial charge on any atom is 0.308 e. The van der Waals surface area contributed by atoms with Crippen LogP contribution >= 0.6 is 15.9 Å². The van der Waals surface area contributed by atoms with Gasteiger partial charge in [0.15, 0.2) is 0 Å². The van der Waals surface area contributed by atoms with Gasteiger partial charge in [-0.05, 0) is 32.0 Å².